The second kappa shape index (κ2) is 7.86. The molecule has 0 spiro atoms. The summed E-state index contributed by atoms with van der Waals surface area (Å²) in [5.41, 5.74) is 0.972. The number of hydrogen-bond acceptors (Lipinski definition) is 4. The Balaban J connectivity index is 2.59. The molecule has 0 bridgehead atoms. The Bertz CT molecular complexity index is 438. The molecule has 0 saturated carbocycles. The van der Waals surface area contributed by atoms with E-state index in [2.05, 4.69) is 10.6 Å². The molecule has 0 aromatic heterocycles. The van der Waals surface area contributed by atoms with Gasteiger partial charge in [0.15, 0.2) is 11.5 Å². The van der Waals surface area contributed by atoms with Crippen LogP contribution in [0.5, 0.6) is 11.5 Å². The zero-order chi connectivity index (χ0) is 14.3. The maximum absolute atomic E-state index is 11.1. The van der Waals surface area contributed by atoms with Crippen molar-refractivity contribution in [3.63, 3.8) is 0 Å². The van der Waals surface area contributed by atoms with Crippen molar-refractivity contribution < 1.29 is 14.3 Å². The van der Waals surface area contributed by atoms with E-state index in [1.807, 2.05) is 12.1 Å². The molecule has 0 unspecified atom stereocenters. The highest BCUT2D eigenvalue weighted by Gasteiger charge is 2.10. The monoisotopic (exact) mass is 286 g/mol. The molecule has 0 aliphatic rings. The van der Waals surface area contributed by atoms with E-state index >= 15 is 0 Å². The number of halogens is 1. The lowest BCUT2D eigenvalue weighted by Gasteiger charge is -2.12. The molecule has 0 radical (unpaired) electrons. The summed E-state index contributed by atoms with van der Waals surface area (Å²) in [6, 6.07) is 3.67. The molecule has 1 aromatic rings. The summed E-state index contributed by atoms with van der Waals surface area (Å²) < 4.78 is 10.4. The fraction of sp³-hybridized carbons (Fsp3) is 0.462. The molecule has 0 aliphatic carbocycles. The van der Waals surface area contributed by atoms with Gasteiger partial charge in [0.25, 0.3) is 0 Å². The summed E-state index contributed by atoms with van der Waals surface area (Å²) in [6.45, 7) is 1.21. The predicted molar refractivity (Wildman–Crippen MR) is 74.9 cm³/mol. The SMILES string of the molecule is CNC(=O)CCNCc1cc(Cl)c(OC)c(OC)c1. The molecule has 0 saturated heterocycles. The Morgan fingerprint density at radius 2 is 2.05 bits per heavy atom. The van der Waals surface area contributed by atoms with E-state index in [-0.39, 0.29) is 5.91 Å². The fourth-order valence-electron chi connectivity index (χ4n) is 1.63. The Morgan fingerprint density at radius 1 is 1.32 bits per heavy atom. The van der Waals surface area contributed by atoms with Gasteiger partial charge in [0.2, 0.25) is 5.91 Å². The van der Waals surface area contributed by atoms with Gasteiger partial charge in [-0.15, -0.1) is 0 Å². The molecule has 0 aliphatic heterocycles. The van der Waals surface area contributed by atoms with Crippen molar-refractivity contribution in [3.8, 4) is 11.5 Å². The van der Waals surface area contributed by atoms with Crippen LogP contribution in [0.2, 0.25) is 5.02 Å². The first-order valence-corrected chi connectivity index (χ1v) is 6.31. The van der Waals surface area contributed by atoms with Crippen molar-refractivity contribution in [3.05, 3.63) is 22.7 Å². The number of methoxy groups -OCH3 is 2. The number of carbonyl (C=O) groups is 1. The van der Waals surface area contributed by atoms with Crippen LogP contribution in [0.15, 0.2) is 12.1 Å². The Kier molecular flexibility index (Phi) is 6.45. The third kappa shape index (κ3) is 4.61. The number of carbonyl (C=O) groups excluding carboxylic acids is 1. The molecule has 5 nitrogen and oxygen atoms in total. The summed E-state index contributed by atoms with van der Waals surface area (Å²) in [5.74, 6) is 1.13. The second-order valence-corrected chi connectivity index (χ2v) is 4.32. The van der Waals surface area contributed by atoms with Crippen LogP contribution >= 0.6 is 11.6 Å². The first kappa shape index (κ1) is 15.6. The topological polar surface area (TPSA) is 59.6 Å². The number of hydrogen-bond donors (Lipinski definition) is 2. The zero-order valence-corrected chi connectivity index (χ0v) is 12.1. The number of rotatable bonds is 7. The van der Waals surface area contributed by atoms with Crippen LogP contribution in [0.1, 0.15) is 12.0 Å². The highest BCUT2D eigenvalue weighted by atomic mass is 35.5. The maximum Gasteiger partial charge on any atom is 0.221 e. The lowest BCUT2D eigenvalue weighted by molar-refractivity contribution is -0.120. The van der Waals surface area contributed by atoms with Gasteiger partial charge >= 0.3 is 0 Å². The molecule has 2 N–H and O–H groups in total. The maximum atomic E-state index is 11.1. The van der Waals surface area contributed by atoms with Gasteiger partial charge in [0, 0.05) is 26.6 Å². The summed E-state index contributed by atoms with van der Waals surface area (Å²) in [5, 5.41) is 6.24. The quantitative estimate of drug-likeness (QED) is 0.747. The number of ether oxygens (including phenoxy) is 2. The summed E-state index contributed by atoms with van der Waals surface area (Å²) >= 11 is 6.10. The molecule has 0 heterocycles. The smallest absolute Gasteiger partial charge is 0.221 e. The average Bonchev–Trinajstić information content (AvgIpc) is 2.42. The predicted octanol–water partition coefficient (Wildman–Crippen LogP) is 1.58. The van der Waals surface area contributed by atoms with Gasteiger partial charge in [-0.25, -0.2) is 0 Å². The van der Waals surface area contributed by atoms with E-state index in [1.165, 1.54) is 0 Å². The minimum absolute atomic E-state index is 0.0119. The van der Waals surface area contributed by atoms with E-state index in [0.29, 0.717) is 36.0 Å². The molecular weight excluding hydrogens is 268 g/mol. The summed E-state index contributed by atoms with van der Waals surface area (Å²) in [6.07, 6.45) is 0.442. The van der Waals surface area contributed by atoms with Crippen LogP contribution < -0.4 is 20.1 Å². The first-order chi connectivity index (χ1) is 9.12. The zero-order valence-electron chi connectivity index (χ0n) is 11.4. The Hall–Kier alpha value is -1.46. The van der Waals surface area contributed by atoms with Crippen molar-refractivity contribution in [2.24, 2.45) is 0 Å². The van der Waals surface area contributed by atoms with Crippen molar-refractivity contribution >= 4 is 17.5 Å². The van der Waals surface area contributed by atoms with Gasteiger partial charge in [-0.05, 0) is 17.7 Å². The molecule has 0 fully saturated rings. The van der Waals surface area contributed by atoms with Crippen LogP contribution in [0.25, 0.3) is 0 Å². The lowest BCUT2D eigenvalue weighted by atomic mass is 10.2. The van der Waals surface area contributed by atoms with Gasteiger partial charge in [0.05, 0.1) is 19.2 Å². The van der Waals surface area contributed by atoms with E-state index < -0.39 is 0 Å². The third-order valence-corrected chi connectivity index (χ3v) is 2.91. The Labute approximate surface area is 118 Å². The Morgan fingerprint density at radius 3 is 2.63 bits per heavy atom. The van der Waals surface area contributed by atoms with E-state index in [9.17, 15) is 4.79 Å². The summed E-state index contributed by atoms with van der Waals surface area (Å²) in [7, 11) is 4.73. The number of benzene rings is 1. The highest BCUT2D eigenvalue weighted by Crippen LogP contribution is 2.35. The normalized spacial score (nSPS) is 10.1. The van der Waals surface area contributed by atoms with Gasteiger partial charge in [0.1, 0.15) is 0 Å². The van der Waals surface area contributed by atoms with Gasteiger partial charge in [-0.3, -0.25) is 4.79 Å². The largest absolute Gasteiger partial charge is 0.493 e. The van der Waals surface area contributed by atoms with Crippen LogP contribution in [0, 0.1) is 0 Å². The number of nitrogens with one attached hydrogen (secondary N) is 2. The minimum atomic E-state index is 0.0119. The fourth-order valence-corrected chi connectivity index (χ4v) is 1.94. The second-order valence-electron chi connectivity index (χ2n) is 3.91. The van der Waals surface area contributed by atoms with Crippen LogP contribution in [-0.4, -0.2) is 33.7 Å². The third-order valence-electron chi connectivity index (χ3n) is 2.63. The van der Waals surface area contributed by atoms with Crippen LogP contribution in [0.4, 0.5) is 0 Å². The molecule has 1 rings (SSSR count). The van der Waals surface area contributed by atoms with Crippen molar-refractivity contribution in [2.45, 2.75) is 13.0 Å². The van der Waals surface area contributed by atoms with Crippen LogP contribution in [-0.2, 0) is 11.3 Å². The molecule has 6 heteroatoms. The summed E-state index contributed by atoms with van der Waals surface area (Å²) in [4.78, 5) is 11.1. The van der Waals surface area contributed by atoms with Gasteiger partial charge < -0.3 is 20.1 Å². The van der Waals surface area contributed by atoms with E-state index in [4.69, 9.17) is 21.1 Å². The van der Waals surface area contributed by atoms with Gasteiger partial charge in [-0.1, -0.05) is 11.6 Å². The first-order valence-electron chi connectivity index (χ1n) is 5.94. The molecule has 1 amide bonds. The molecule has 0 atom stereocenters. The lowest BCUT2D eigenvalue weighted by Crippen LogP contribution is -2.24. The van der Waals surface area contributed by atoms with Crippen LogP contribution in [0.3, 0.4) is 0 Å². The average molecular weight is 287 g/mol. The molecule has 106 valence electrons. The highest BCUT2D eigenvalue weighted by molar-refractivity contribution is 6.32. The van der Waals surface area contributed by atoms with Crippen molar-refractivity contribution in [1.82, 2.24) is 10.6 Å². The molecule has 1 aromatic carbocycles. The molecule has 19 heavy (non-hydrogen) atoms. The number of amides is 1. The minimum Gasteiger partial charge on any atom is -0.493 e. The van der Waals surface area contributed by atoms with Crippen molar-refractivity contribution in [2.75, 3.05) is 27.8 Å². The molecular formula is C13H19ClN2O3. The van der Waals surface area contributed by atoms with Gasteiger partial charge in [-0.2, -0.15) is 0 Å². The van der Waals surface area contributed by atoms with Crippen molar-refractivity contribution in [1.29, 1.82) is 0 Å². The van der Waals surface area contributed by atoms with E-state index in [0.717, 1.165) is 5.56 Å². The van der Waals surface area contributed by atoms with E-state index in [1.54, 1.807) is 21.3 Å². The standard InChI is InChI=1S/C13H19ClN2O3/c1-15-12(17)4-5-16-8-9-6-10(14)13(19-3)11(7-9)18-2/h6-7,16H,4-5,8H2,1-3H3,(H,15,17).